The fraction of sp³-hybridized carbons (Fsp3) is 0.556. The Morgan fingerprint density at radius 2 is 2.31 bits per heavy atom. The molecule has 1 N–H and O–H groups in total. The quantitative estimate of drug-likeness (QED) is 0.871. The molecule has 0 aliphatic carbocycles. The molecule has 0 unspecified atom stereocenters. The van der Waals surface area contributed by atoms with E-state index >= 15 is 0 Å². The van der Waals surface area contributed by atoms with Crippen LogP contribution in [0.25, 0.3) is 0 Å². The largest absolute Gasteiger partial charge is 0.353 e. The average molecular weight is 375 g/mol. The maximum Gasteiger partial charge on any atom is 0.317 e. The van der Waals surface area contributed by atoms with Gasteiger partial charge in [0.05, 0.1) is 23.4 Å². The fourth-order valence-corrected chi connectivity index (χ4v) is 3.84. The zero-order valence-electron chi connectivity index (χ0n) is 15.6. The van der Waals surface area contributed by atoms with Gasteiger partial charge in [-0.3, -0.25) is 4.98 Å². The van der Waals surface area contributed by atoms with Crippen molar-refractivity contribution >= 4 is 23.2 Å². The number of hydrogen-bond acceptors (Lipinski definition) is 6. The lowest BCUT2D eigenvalue weighted by Gasteiger charge is -2.34. The maximum atomic E-state index is 12.5. The van der Waals surface area contributed by atoms with Crippen molar-refractivity contribution in [1.82, 2.24) is 25.2 Å². The van der Waals surface area contributed by atoms with Crippen molar-refractivity contribution in [2.24, 2.45) is 0 Å². The molecule has 1 atom stereocenters. The Kier molecular flexibility index (Phi) is 6.03. The molecule has 3 rings (SSSR count). The first kappa shape index (κ1) is 18.6. The van der Waals surface area contributed by atoms with Gasteiger partial charge < -0.3 is 15.1 Å². The van der Waals surface area contributed by atoms with Gasteiger partial charge >= 0.3 is 6.03 Å². The topological polar surface area (TPSA) is 74.2 Å². The predicted octanol–water partition coefficient (Wildman–Crippen LogP) is 2.87. The third kappa shape index (κ3) is 4.69. The Hall–Kier alpha value is -2.22. The smallest absolute Gasteiger partial charge is 0.317 e. The summed E-state index contributed by atoms with van der Waals surface area (Å²) in [6.07, 6.45) is 7.14. The van der Waals surface area contributed by atoms with Crippen molar-refractivity contribution in [2.75, 3.05) is 25.0 Å². The monoisotopic (exact) mass is 374 g/mol. The lowest BCUT2D eigenvalue weighted by atomic mass is 10.1. The minimum Gasteiger partial charge on any atom is -0.353 e. The first-order valence-electron chi connectivity index (χ1n) is 9.00. The molecule has 1 fully saturated rings. The van der Waals surface area contributed by atoms with E-state index in [1.54, 1.807) is 34.8 Å². The van der Waals surface area contributed by atoms with Crippen molar-refractivity contribution in [3.8, 4) is 0 Å². The highest BCUT2D eigenvalue weighted by Crippen LogP contribution is 2.20. The van der Waals surface area contributed by atoms with Crippen molar-refractivity contribution in [3.63, 3.8) is 0 Å². The van der Waals surface area contributed by atoms with Crippen molar-refractivity contribution in [2.45, 2.75) is 45.2 Å². The van der Waals surface area contributed by atoms with Gasteiger partial charge in [0.2, 0.25) is 0 Å². The van der Waals surface area contributed by atoms with Crippen LogP contribution in [0.15, 0.2) is 24.0 Å². The Bertz CT molecular complexity index is 719. The molecule has 3 heterocycles. The van der Waals surface area contributed by atoms with Crippen LogP contribution in [0.1, 0.15) is 43.3 Å². The van der Waals surface area contributed by atoms with E-state index in [9.17, 15) is 4.79 Å². The summed E-state index contributed by atoms with van der Waals surface area (Å²) in [5.41, 5.74) is 0.946. The summed E-state index contributed by atoms with van der Waals surface area (Å²) >= 11 is 1.66. The molecule has 0 saturated carbocycles. The molecule has 8 heteroatoms. The molecular weight excluding hydrogens is 348 g/mol. The molecule has 2 amide bonds. The van der Waals surface area contributed by atoms with Crippen LogP contribution in [0.3, 0.4) is 0 Å². The van der Waals surface area contributed by atoms with Crippen LogP contribution in [0.2, 0.25) is 0 Å². The summed E-state index contributed by atoms with van der Waals surface area (Å²) in [5, 5.41) is 6.29. The van der Waals surface area contributed by atoms with E-state index in [1.807, 2.05) is 12.4 Å². The Labute approximate surface area is 158 Å². The van der Waals surface area contributed by atoms with Gasteiger partial charge in [0, 0.05) is 49.9 Å². The summed E-state index contributed by atoms with van der Waals surface area (Å²) in [7, 11) is 1.81. The number of piperidine rings is 1. The van der Waals surface area contributed by atoms with Crippen LogP contribution in [0.5, 0.6) is 0 Å². The second-order valence-electron chi connectivity index (χ2n) is 6.99. The van der Waals surface area contributed by atoms with Gasteiger partial charge in [0.15, 0.2) is 0 Å². The molecule has 1 aliphatic rings. The molecule has 7 nitrogen and oxygen atoms in total. The first-order chi connectivity index (χ1) is 12.5. The van der Waals surface area contributed by atoms with Crippen LogP contribution in [-0.4, -0.2) is 52.1 Å². The molecular formula is C18H26N6OS. The molecule has 0 radical (unpaired) electrons. The van der Waals surface area contributed by atoms with E-state index in [0.717, 1.165) is 42.5 Å². The number of nitrogens with zero attached hydrogens (tertiary/aromatic N) is 5. The Morgan fingerprint density at radius 3 is 3.00 bits per heavy atom. The molecule has 26 heavy (non-hydrogen) atoms. The van der Waals surface area contributed by atoms with Gasteiger partial charge in [0.1, 0.15) is 5.82 Å². The number of thiazole rings is 1. The summed E-state index contributed by atoms with van der Waals surface area (Å²) in [5.74, 6) is 1.28. The number of nitrogens with one attached hydrogen (secondary N) is 1. The normalized spacial score (nSPS) is 17.4. The molecule has 0 spiro atoms. The minimum absolute atomic E-state index is 0.0601. The number of aromatic nitrogens is 3. The van der Waals surface area contributed by atoms with Crippen LogP contribution in [0.4, 0.5) is 10.6 Å². The standard InChI is InChI=1S/C18H26N6OS/c1-13(2)17-21-15(12-26-17)10-23(3)18(25)22-14-5-4-8-24(11-14)16-9-19-6-7-20-16/h6-7,9,12-14H,4-5,8,10-11H2,1-3H3,(H,22,25)/t14-/m1/s1. The third-order valence-electron chi connectivity index (χ3n) is 4.43. The molecule has 0 aromatic carbocycles. The highest BCUT2D eigenvalue weighted by Gasteiger charge is 2.23. The number of anilines is 1. The SMILES string of the molecule is CC(C)c1nc(CN(C)C(=O)N[C@@H]2CCCN(c3cnccn3)C2)cs1. The summed E-state index contributed by atoms with van der Waals surface area (Å²) in [6.45, 7) is 6.48. The second-order valence-corrected chi connectivity index (χ2v) is 7.88. The highest BCUT2D eigenvalue weighted by molar-refractivity contribution is 7.09. The molecule has 2 aromatic heterocycles. The van der Waals surface area contributed by atoms with E-state index in [-0.39, 0.29) is 12.1 Å². The van der Waals surface area contributed by atoms with Crippen molar-refractivity contribution in [3.05, 3.63) is 34.7 Å². The zero-order chi connectivity index (χ0) is 18.5. The number of carbonyl (C=O) groups is 1. The fourth-order valence-electron chi connectivity index (χ4n) is 3.02. The van der Waals surface area contributed by atoms with E-state index in [4.69, 9.17) is 0 Å². The third-order valence-corrected chi connectivity index (χ3v) is 5.63. The molecule has 1 saturated heterocycles. The maximum absolute atomic E-state index is 12.5. The van der Waals surface area contributed by atoms with Gasteiger partial charge in [-0.1, -0.05) is 13.8 Å². The van der Waals surface area contributed by atoms with Crippen LogP contribution in [-0.2, 0) is 6.54 Å². The molecule has 140 valence electrons. The Balaban J connectivity index is 1.53. The van der Waals surface area contributed by atoms with Gasteiger partial charge in [0.25, 0.3) is 0 Å². The van der Waals surface area contributed by atoms with Gasteiger partial charge in [-0.2, -0.15) is 0 Å². The van der Waals surface area contributed by atoms with Gasteiger partial charge in [-0.25, -0.2) is 14.8 Å². The number of hydrogen-bond donors (Lipinski definition) is 1. The van der Waals surface area contributed by atoms with Crippen LogP contribution >= 0.6 is 11.3 Å². The number of urea groups is 1. The molecule has 0 bridgehead atoms. The number of amides is 2. The van der Waals surface area contributed by atoms with E-state index in [0.29, 0.717) is 12.5 Å². The summed E-state index contributed by atoms with van der Waals surface area (Å²) in [6, 6.07) is 0.0532. The predicted molar refractivity (Wildman–Crippen MR) is 103 cm³/mol. The lowest BCUT2D eigenvalue weighted by molar-refractivity contribution is 0.200. The number of carbonyl (C=O) groups excluding carboxylic acids is 1. The van der Waals surface area contributed by atoms with E-state index in [1.165, 1.54) is 0 Å². The van der Waals surface area contributed by atoms with Crippen molar-refractivity contribution in [1.29, 1.82) is 0 Å². The summed E-state index contributed by atoms with van der Waals surface area (Å²) in [4.78, 5) is 29.5. The van der Waals surface area contributed by atoms with Crippen LogP contribution < -0.4 is 10.2 Å². The van der Waals surface area contributed by atoms with Gasteiger partial charge in [-0.15, -0.1) is 11.3 Å². The highest BCUT2D eigenvalue weighted by atomic mass is 32.1. The summed E-state index contributed by atoms with van der Waals surface area (Å²) < 4.78 is 0. The second kappa shape index (κ2) is 8.44. The lowest BCUT2D eigenvalue weighted by Crippen LogP contribution is -2.51. The first-order valence-corrected chi connectivity index (χ1v) is 9.87. The molecule has 2 aromatic rings. The average Bonchev–Trinajstić information content (AvgIpc) is 3.11. The van der Waals surface area contributed by atoms with E-state index in [2.05, 4.69) is 39.0 Å². The Morgan fingerprint density at radius 1 is 1.46 bits per heavy atom. The molecule has 1 aliphatic heterocycles. The van der Waals surface area contributed by atoms with Gasteiger partial charge in [-0.05, 0) is 12.8 Å². The van der Waals surface area contributed by atoms with Crippen LogP contribution in [0, 0.1) is 0 Å². The van der Waals surface area contributed by atoms with E-state index < -0.39 is 0 Å². The van der Waals surface area contributed by atoms with Crippen molar-refractivity contribution < 1.29 is 4.79 Å². The zero-order valence-corrected chi connectivity index (χ0v) is 16.4. The number of rotatable bonds is 5. The minimum atomic E-state index is -0.0601.